The fourth-order valence-corrected chi connectivity index (χ4v) is 3.93. The third kappa shape index (κ3) is 5.06. The van der Waals surface area contributed by atoms with E-state index in [9.17, 15) is 14.0 Å². The number of ether oxygens (including phenoxy) is 2. The summed E-state index contributed by atoms with van der Waals surface area (Å²) in [5.74, 6) is -1.20. The lowest BCUT2D eigenvalue weighted by molar-refractivity contribution is -0.118. The van der Waals surface area contributed by atoms with Crippen molar-refractivity contribution in [2.24, 2.45) is 0 Å². The molecule has 1 N–H and O–H groups in total. The maximum Gasteiger partial charge on any atom is 0.341 e. The molecule has 1 amide bonds. The number of rotatable bonds is 6. The van der Waals surface area contributed by atoms with E-state index < -0.39 is 17.7 Å². The zero-order chi connectivity index (χ0) is 21.0. The summed E-state index contributed by atoms with van der Waals surface area (Å²) in [5, 5.41) is 5.34. The number of hydrogen-bond donors (Lipinski definition) is 1. The Hall–Kier alpha value is -2.61. The highest BCUT2D eigenvalue weighted by atomic mass is 35.5. The molecule has 3 rings (SSSR count). The topological polar surface area (TPSA) is 64.6 Å². The van der Waals surface area contributed by atoms with Crippen molar-refractivity contribution >= 4 is 51.4 Å². The fourth-order valence-electron chi connectivity index (χ4n) is 2.49. The number of benzene rings is 2. The van der Waals surface area contributed by atoms with Crippen molar-refractivity contribution in [3.05, 3.63) is 69.3 Å². The Morgan fingerprint density at radius 3 is 2.52 bits per heavy atom. The molecule has 150 valence electrons. The maximum atomic E-state index is 13.2. The van der Waals surface area contributed by atoms with Gasteiger partial charge in [-0.2, -0.15) is 0 Å². The third-order valence-corrected chi connectivity index (χ3v) is 5.27. The molecule has 0 fully saturated rings. The zero-order valence-electron chi connectivity index (χ0n) is 15.0. The van der Waals surface area contributed by atoms with Crippen LogP contribution in [0.4, 0.5) is 9.39 Å². The van der Waals surface area contributed by atoms with Crippen LogP contribution in [-0.4, -0.2) is 25.6 Å². The average molecular weight is 454 g/mol. The number of amides is 1. The van der Waals surface area contributed by atoms with E-state index in [1.54, 1.807) is 29.6 Å². The van der Waals surface area contributed by atoms with Gasteiger partial charge in [0, 0.05) is 16.0 Å². The quantitative estimate of drug-likeness (QED) is 0.488. The van der Waals surface area contributed by atoms with Gasteiger partial charge in [0.1, 0.15) is 22.1 Å². The van der Waals surface area contributed by atoms with Crippen LogP contribution in [0.1, 0.15) is 10.4 Å². The molecule has 0 bridgehead atoms. The molecule has 2 aromatic carbocycles. The summed E-state index contributed by atoms with van der Waals surface area (Å²) >= 11 is 13.0. The van der Waals surface area contributed by atoms with E-state index >= 15 is 0 Å². The number of nitrogens with one attached hydrogen (secondary N) is 1. The molecule has 0 atom stereocenters. The van der Waals surface area contributed by atoms with Gasteiger partial charge >= 0.3 is 5.97 Å². The average Bonchev–Trinajstić information content (AvgIpc) is 3.10. The van der Waals surface area contributed by atoms with Gasteiger partial charge in [0.2, 0.25) is 0 Å². The standard InChI is InChI=1S/C20H14Cl2FNO4S/c1-27-20(26)18-14(11-2-5-13(23)6-3-11)10-29-19(18)24-17(25)9-28-16-7-4-12(21)8-15(16)22/h2-8,10H,9H2,1H3,(H,24,25). The normalized spacial score (nSPS) is 10.5. The molecule has 0 unspecified atom stereocenters. The minimum Gasteiger partial charge on any atom is -0.482 e. The van der Waals surface area contributed by atoms with Crippen LogP contribution < -0.4 is 10.1 Å². The van der Waals surface area contributed by atoms with Crippen molar-refractivity contribution in [2.45, 2.75) is 0 Å². The second-order valence-corrected chi connectivity index (χ2v) is 7.49. The summed E-state index contributed by atoms with van der Waals surface area (Å²) in [7, 11) is 1.24. The Balaban J connectivity index is 1.78. The van der Waals surface area contributed by atoms with E-state index in [-0.39, 0.29) is 17.2 Å². The van der Waals surface area contributed by atoms with E-state index in [4.69, 9.17) is 32.7 Å². The summed E-state index contributed by atoms with van der Waals surface area (Å²) < 4.78 is 23.4. The molecule has 9 heteroatoms. The molecule has 1 aromatic heterocycles. The van der Waals surface area contributed by atoms with Gasteiger partial charge in [0.25, 0.3) is 5.91 Å². The molecule has 1 heterocycles. The number of carbonyl (C=O) groups excluding carboxylic acids is 2. The van der Waals surface area contributed by atoms with Crippen LogP contribution in [0, 0.1) is 5.82 Å². The summed E-state index contributed by atoms with van der Waals surface area (Å²) in [6.45, 7) is -0.328. The van der Waals surface area contributed by atoms with Gasteiger partial charge in [-0.3, -0.25) is 4.79 Å². The van der Waals surface area contributed by atoms with Gasteiger partial charge in [0.05, 0.1) is 12.1 Å². The Morgan fingerprint density at radius 2 is 1.86 bits per heavy atom. The van der Waals surface area contributed by atoms with Crippen molar-refractivity contribution in [2.75, 3.05) is 19.0 Å². The first-order valence-corrected chi connectivity index (χ1v) is 9.86. The van der Waals surface area contributed by atoms with Crippen LogP contribution >= 0.6 is 34.5 Å². The predicted octanol–water partition coefficient (Wildman–Crippen LogP) is 5.67. The number of thiophene rings is 1. The zero-order valence-corrected chi connectivity index (χ0v) is 17.3. The molecule has 0 aliphatic carbocycles. The smallest absolute Gasteiger partial charge is 0.341 e. The lowest BCUT2D eigenvalue weighted by Gasteiger charge is -2.10. The molecule has 0 aliphatic heterocycles. The van der Waals surface area contributed by atoms with E-state index in [1.165, 1.54) is 25.3 Å². The van der Waals surface area contributed by atoms with Crippen LogP contribution in [-0.2, 0) is 9.53 Å². The Bertz CT molecular complexity index is 1050. The van der Waals surface area contributed by atoms with Crippen LogP contribution in [0.5, 0.6) is 5.75 Å². The number of esters is 1. The van der Waals surface area contributed by atoms with E-state index in [0.29, 0.717) is 26.9 Å². The highest BCUT2D eigenvalue weighted by molar-refractivity contribution is 7.15. The predicted molar refractivity (Wildman–Crippen MR) is 112 cm³/mol. The minimum absolute atomic E-state index is 0.182. The van der Waals surface area contributed by atoms with Gasteiger partial charge in [-0.1, -0.05) is 35.3 Å². The number of hydrogen-bond acceptors (Lipinski definition) is 5. The molecule has 3 aromatic rings. The summed E-state index contributed by atoms with van der Waals surface area (Å²) in [6.07, 6.45) is 0. The molecule has 29 heavy (non-hydrogen) atoms. The second-order valence-electron chi connectivity index (χ2n) is 5.76. The van der Waals surface area contributed by atoms with Crippen LogP contribution in [0.25, 0.3) is 11.1 Å². The van der Waals surface area contributed by atoms with E-state index in [0.717, 1.165) is 11.3 Å². The Morgan fingerprint density at radius 1 is 1.14 bits per heavy atom. The monoisotopic (exact) mass is 453 g/mol. The SMILES string of the molecule is COC(=O)c1c(-c2ccc(F)cc2)csc1NC(=O)COc1ccc(Cl)cc1Cl. The van der Waals surface area contributed by atoms with E-state index in [2.05, 4.69) is 5.32 Å². The molecule has 0 spiro atoms. The van der Waals surface area contributed by atoms with Crippen molar-refractivity contribution in [1.29, 1.82) is 0 Å². The first-order valence-electron chi connectivity index (χ1n) is 8.22. The molecular weight excluding hydrogens is 440 g/mol. The lowest BCUT2D eigenvalue weighted by Crippen LogP contribution is -2.21. The summed E-state index contributed by atoms with van der Waals surface area (Å²) in [5.41, 5.74) is 1.33. The lowest BCUT2D eigenvalue weighted by atomic mass is 10.0. The Kier molecular flexibility index (Phi) is 6.74. The van der Waals surface area contributed by atoms with Gasteiger partial charge in [-0.05, 0) is 35.9 Å². The molecule has 0 aliphatic rings. The number of methoxy groups -OCH3 is 1. The number of halogens is 3. The van der Waals surface area contributed by atoms with E-state index in [1.807, 2.05) is 0 Å². The first kappa shape index (κ1) is 21.1. The third-order valence-electron chi connectivity index (χ3n) is 3.84. The minimum atomic E-state index is -0.623. The molecule has 0 radical (unpaired) electrons. The van der Waals surface area contributed by atoms with Gasteiger partial charge < -0.3 is 14.8 Å². The first-order chi connectivity index (χ1) is 13.9. The fraction of sp³-hybridized carbons (Fsp3) is 0.100. The molecule has 0 saturated heterocycles. The molecule has 0 saturated carbocycles. The van der Waals surface area contributed by atoms with Crippen molar-refractivity contribution in [3.63, 3.8) is 0 Å². The van der Waals surface area contributed by atoms with Crippen molar-refractivity contribution in [3.8, 4) is 16.9 Å². The number of carbonyl (C=O) groups is 2. The second kappa shape index (κ2) is 9.26. The molecular formula is C20H14Cl2FNO4S. The maximum absolute atomic E-state index is 13.2. The van der Waals surface area contributed by atoms with Gasteiger partial charge in [-0.25, -0.2) is 9.18 Å². The summed E-state index contributed by atoms with van der Waals surface area (Å²) in [6, 6.07) is 10.3. The highest BCUT2D eigenvalue weighted by Gasteiger charge is 2.22. The van der Waals surface area contributed by atoms with Crippen LogP contribution in [0.2, 0.25) is 10.0 Å². The Labute approximate surface area is 180 Å². The highest BCUT2D eigenvalue weighted by Crippen LogP contribution is 2.36. The summed E-state index contributed by atoms with van der Waals surface area (Å²) in [4.78, 5) is 24.6. The van der Waals surface area contributed by atoms with Crippen LogP contribution in [0.15, 0.2) is 47.8 Å². The molecule has 5 nitrogen and oxygen atoms in total. The number of anilines is 1. The van der Waals surface area contributed by atoms with Crippen molar-refractivity contribution in [1.82, 2.24) is 0 Å². The van der Waals surface area contributed by atoms with Gasteiger partial charge in [0.15, 0.2) is 6.61 Å². The van der Waals surface area contributed by atoms with Crippen LogP contribution in [0.3, 0.4) is 0 Å². The van der Waals surface area contributed by atoms with Crippen molar-refractivity contribution < 1.29 is 23.5 Å². The largest absolute Gasteiger partial charge is 0.482 e. The van der Waals surface area contributed by atoms with Gasteiger partial charge in [-0.15, -0.1) is 11.3 Å².